The molecule has 1 aliphatic heterocycles. The molecule has 0 spiro atoms. The largest absolute Gasteiger partial charge is 0.481 e. The van der Waals surface area contributed by atoms with Gasteiger partial charge in [-0.1, -0.05) is 35.4 Å². The summed E-state index contributed by atoms with van der Waals surface area (Å²) in [6.07, 6.45) is -0.213. The highest BCUT2D eigenvalue weighted by Gasteiger charge is 2.37. The summed E-state index contributed by atoms with van der Waals surface area (Å²) in [6, 6.07) is 14.9. The predicted octanol–water partition coefficient (Wildman–Crippen LogP) is 3.00. The van der Waals surface area contributed by atoms with E-state index < -0.39 is 12.0 Å². The molecule has 0 aliphatic carbocycles. The number of nitrogens with zero attached hydrogens (tertiary/aromatic N) is 2. The van der Waals surface area contributed by atoms with E-state index in [0.29, 0.717) is 13.1 Å². The summed E-state index contributed by atoms with van der Waals surface area (Å²) < 4.78 is 0. The molecule has 1 saturated heterocycles. The van der Waals surface area contributed by atoms with Crippen LogP contribution in [0.15, 0.2) is 48.5 Å². The van der Waals surface area contributed by atoms with Crippen molar-refractivity contribution < 1.29 is 14.7 Å². The predicted molar refractivity (Wildman–Crippen MR) is 98.1 cm³/mol. The van der Waals surface area contributed by atoms with Gasteiger partial charge in [0, 0.05) is 24.5 Å². The van der Waals surface area contributed by atoms with Crippen LogP contribution in [0.1, 0.15) is 17.5 Å². The van der Waals surface area contributed by atoms with Crippen molar-refractivity contribution in [1.82, 2.24) is 0 Å². The van der Waals surface area contributed by atoms with Crippen LogP contribution >= 0.6 is 0 Å². The molecule has 1 fully saturated rings. The third-order valence-corrected chi connectivity index (χ3v) is 4.57. The Morgan fingerprint density at radius 3 is 2.00 bits per heavy atom. The van der Waals surface area contributed by atoms with Gasteiger partial charge in [-0.2, -0.15) is 0 Å². The first-order chi connectivity index (χ1) is 12.0. The van der Waals surface area contributed by atoms with Gasteiger partial charge in [0.2, 0.25) is 5.91 Å². The first-order valence-electron chi connectivity index (χ1n) is 8.39. The number of piperazine rings is 1. The molecule has 0 unspecified atom stereocenters. The number of benzene rings is 2. The van der Waals surface area contributed by atoms with Crippen LogP contribution in [0.3, 0.4) is 0 Å². The maximum atomic E-state index is 13.0. The van der Waals surface area contributed by atoms with E-state index in [0.717, 1.165) is 22.5 Å². The second-order valence-electron chi connectivity index (χ2n) is 6.47. The van der Waals surface area contributed by atoms with Crippen LogP contribution in [0.25, 0.3) is 0 Å². The Balaban J connectivity index is 1.90. The maximum absolute atomic E-state index is 13.0. The lowest BCUT2D eigenvalue weighted by molar-refractivity contribution is -0.139. The summed E-state index contributed by atoms with van der Waals surface area (Å²) in [6.45, 7) is 5.12. The van der Waals surface area contributed by atoms with Crippen molar-refractivity contribution in [3.8, 4) is 0 Å². The summed E-state index contributed by atoms with van der Waals surface area (Å²) in [5, 5.41) is 9.29. The lowest BCUT2D eigenvalue weighted by Crippen LogP contribution is -2.58. The van der Waals surface area contributed by atoms with Gasteiger partial charge in [0.05, 0.1) is 6.42 Å². The number of rotatable bonds is 4. The molecule has 0 radical (unpaired) electrons. The molecule has 2 aromatic carbocycles. The number of aliphatic carboxylic acids is 1. The number of carbonyl (C=O) groups is 2. The maximum Gasteiger partial charge on any atom is 0.305 e. The summed E-state index contributed by atoms with van der Waals surface area (Å²) in [5.41, 5.74) is 3.95. The summed E-state index contributed by atoms with van der Waals surface area (Å²) >= 11 is 0. The van der Waals surface area contributed by atoms with Crippen LogP contribution in [-0.2, 0) is 9.59 Å². The van der Waals surface area contributed by atoms with Gasteiger partial charge in [0.15, 0.2) is 0 Å². The van der Waals surface area contributed by atoms with E-state index in [-0.39, 0.29) is 12.3 Å². The van der Waals surface area contributed by atoms with Crippen LogP contribution < -0.4 is 9.80 Å². The van der Waals surface area contributed by atoms with Crippen molar-refractivity contribution in [3.63, 3.8) is 0 Å². The molecule has 1 N–H and O–H groups in total. The molecule has 3 rings (SSSR count). The Labute approximate surface area is 147 Å². The molecule has 0 bridgehead atoms. The van der Waals surface area contributed by atoms with Crippen LogP contribution in [0.5, 0.6) is 0 Å². The number of hydrogen-bond acceptors (Lipinski definition) is 3. The van der Waals surface area contributed by atoms with E-state index >= 15 is 0 Å². The molecule has 1 atom stereocenters. The molecule has 130 valence electrons. The van der Waals surface area contributed by atoms with E-state index in [4.69, 9.17) is 0 Å². The number of hydrogen-bond donors (Lipinski definition) is 1. The molecule has 0 aromatic heterocycles. The van der Waals surface area contributed by atoms with Crippen molar-refractivity contribution in [2.45, 2.75) is 26.3 Å². The van der Waals surface area contributed by atoms with Crippen molar-refractivity contribution in [2.75, 3.05) is 22.9 Å². The summed E-state index contributed by atoms with van der Waals surface area (Å²) in [5.74, 6) is -1.14. The molecular formula is C20H22N2O3. The second kappa shape index (κ2) is 6.97. The van der Waals surface area contributed by atoms with Gasteiger partial charge in [-0.05, 0) is 38.1 Å². The SMILES string of the molecule is Cc1ccc(N2CCN(c3ccc(C)cc3)[C@H](CC(=O)O)C2=O)cc1. The number of carboxylic acid groups (broad SMARTS) is 1. The topological polar surface area (TPSA) is 60.9 Å². The zero-order valence-corrected chi connectivity index (χ0v) is 14.5. The minimum absolute atomic E-state index is 0.168. The minimum Gasteiger partial charge on any atom is -0.481 e. The normalized spacial score (nSPS) is 17.7. The van der Waals surface area contributed by atoms with E-state index in [2.05, 4.69) is 0 Å². The van der Waals surface area contributed by atoms with Gasteiger partial charge in [-0.3, -0.25) is 9.59 Å². The zero-order valence-electron chi connectivity index (χ0n) is 14.5. The minimum atomic E-state index is -0.971. The van der Waals surface area contributed by atoms with Gasteiger partial charge < -0.3 is 14.9 Å². The fraction of sp³-hybridized carbons (Fsp3) is 0.300. The lowest BCUT2D eigenvalue weighted by atomic mass is 10.0. The van der Waals surface area contributed by atoms with E-state index in [9.17, 15) is 14.7 Å². The molecule has 2 aromatic rings. The number of anilines is 2. The van der Waals surface area contributed by atoms with Crippen molar-refractivity contribution in [2.24, 2.45) is 0 Å². The molecule has 1 heterocycles. The molecular weight excluding hydrogens is 316 g/mol. The van der Waals surface area contributed by atoms with E-state index in [1.807, 2.05) is 67.3 Å². The number of amides is 1. The van der Waals surface area contributed by atoms with Crippen LogP contribution in [-0.4, -0.2) is 36.1 Å². The highest BCUT2D eigenvalue weighted by molar-refractivity contribution is 6.02. The Hall–Kier alpha value is -2.82. The molecule has 1 aliphatic rings. The fourth-order valence-electron chi connectivity index (χ4n) is 3.18. The lowest BCUT2D eigenvalue weighted by Gasteiger charge is -2.41. The highest BCUT2D eigenvalue weighted by Crippen LogP contribution is 2.27. The third-order valence-electron chi connectivity index (χ3n) is 4.57. The molecule has 1 amide bonds. The molecule has 5 heteroatoms. The quantitative estimate of drug-likeness (QED) is 0.931. The zero-order chi connectivity index (χ0) is 18.0. The Morgan fingerprint density at radius 2 is 1.48 bits per heavy atom. The van der Waals surface area contributed by atoms with Gasteiger partial charge in [0.1, 0.15) is 6.04 Å². The molecule has 5 nitrogen and oxygen atoms in total. The Morgan fingerprint density at radius 1 is 0.960 bits per heavy atom. The average molecular weight is 338 g/mol. The second-order valence-corrected chi connectivity index (χ2v) is 6.47. The van der Waals surface area contributed by atoms with Crippen molar-refractivity contribution in [1.29, 1.82) is 0 Å². The highest BCUT2D eigenvalue weighted by atomic mass is 16.4. The molecule has 0 saturated carbocycles. The van der Waals surface area contributed by atoms with E-state index in [1.54, 1.807) is 4.90 Å². The van der Waals surface area contributed by atoms with Crippen LogP contribution in [0.4, 0.5) is 11.4 Å². The first kappa shape index (κ1) is 17.0. The van der Waals surface area contributed by atoms with Gasteiger partial charge >= 0.3 is 5.97 Å². The van der Waals surface area contributed by atoms with Crippen LogP contribution in [0, 0.1) is 13.8 Å². The Kier molecular flexibility index (Phi) is 4.74. The standard InChI is InChI=1S/C20H22N2O3/c1-14-3-7-16(8-4-14)21-11-12-22(17-9-5-15(2)6-10-17)20(25)18(21)13-19(23)24/h3-10,18H,11-13H2,1-2H3,(H,23,24)/t18-/m1/s1. The summed E-state index contributed by atoms with van der Waals surface area (Å²) in [7, 11) is 0. The smallest absolute Gasteiger partial charge is 0.305 e. The van der Waals surface area contributed by atoms with E-state index in [1.165, 1.54) is 0 Å². The fourth-order valence-corrected chi connectivity index (χ4v) is 3.18. The van der Waals surface area contributed by atoms with Crippen molar-refractivity contribution in [3.05, 3.63) is 59.7 Å². The third kappa shape index (κ3) is 3.65. The van der Waals surface area contributed by atoms with Gasteiger partial charge in [-0.25, -0.2) is 0 Å². The monoisotopic (exact) mass is 338 g/mol. The Bertz CT molecular complexity index is 769. The number of carbonyl (C=O) groups excluding carboxylic acids is 1. The summed E-state index contributed by atoms with van der Waals surface area (Å²) in [4.78, 5) is 27.9. The van der Waals surface area contributed by atoms with Crippen LogP contribution in [0.2, 0.25) is 0 Å². The van der Waals surface area contributed by atoms with Crippen molar-refractivity contribution >= 4 is 23.3 Å². The van der Waals surface area contributed by atoms with Gasteiger partial charge in [-0.15, -0.1) is 0 Å². The molecule has 25 heavy (non-hydrogen) atoms. The first-order valence-corrected chi connectivity index (χ1v) is 8.39. The average Bonchev–Trinajstić information content (AvgIpc) is 2.58. The number of aryl methyl sites for hydroxylation is 2. The number of carboxylic acids is 1. The van der Waals surface area contributed by atoms with Gasteiger partial charge in [0.25, 0.3) is 0 Å².